The van der Waals surface area contributed by atoms with Crippen LogP contribution in [0.5, 0.6) is 0 Å². The van der Waals surface area contributed by atoms with Crippen LogP contribution in [0.25, 0.3) is 0 Å². The second-order valence-electron chi connectivity index (χ2n) is 11.1. The standard InChI is InChI=1S/2C15H16ClNO3/c2*16-12-5-3-11(4-6-12)10-20-17-13(18)9-15(14(17)19)7-1-2-8-15/h2*3-6H,1-2,7-10H2. The molecular formula is C30H32Cl2N2O6. The molecule has 0 aromatic heterocycles. The number of benzene rings is 2. The molecule has 4 fully saturated rings. The van der Waals surface area contributed by atoms with Crippen LogP contribution in [-0.2, 0) is 42.1 Å². The van der Waals surface area contributed by atoms with Crippen molar-refractivity contribution < 1.29 is 28.9 Å². The van der Waals surface area contributed by atoms with Crippen LogP contribution >= 0.6 is 23.2 Å². The summed E-state index contributed by atoms with van der Waals surface area (Å²) in [5.74, 6) is -0.750. The van der Waals surface area contributed by atoms with Gasteiger partial charge in [0.1, 0.15) is 13.2 Å². The van der Waals surface area contributed by atoms with E-state index in [-0.39, 0.29) is 36.8 Å². The van der Waals surface area contributed by atoms with E-state index in [1.807, 2.05) is 24.3 Å². The van der Waals surface area contributed by atoms with Gasteiger partial charge in [-0.3, -0.25) is 28.9 Å². The van der Waals surface area contributed by atoms with Crippen molar-refractivity contribution in [1.29, 1.82) is 0 Å². The molecule has 2 aromatic carbocycles. The average molecular weight is 588 g/mol. The molecule has 0 unspecified atom stereocenters. The molecule has 0 atom stereocenters. The minimum atomic E-state index is -0.475. The van der Waals surface area contributed by atoms with Crippen LogP contribution in [0.15, 0.2) is 48.5 Å². The van der Waals surface area contributed by atoms with Crippen LogP contribution in [0.1, 0.15) is 75.3 Å². The van der Waals surface area contributed by atoms with Crippen molar-refractivity contribution in [2.45, 2.75) is 77.4 Å². The minimum Gasteiger partial charge on any atom is -0.272 e. The van der Waals surface area contributed by atoms with Crippen molar-refractivity contribution in [3.05, 3.63) is 69.7 Å². The first-order chi connectivity index (χ1) is 19.2. The normalized spacial score (nSPS) is 21.1. The maximum Gasteiger partial charge on any atom is 0.260 e. The van der Waals surface area contributed by atoms with Crippen LogP contribution in [0.3, 0.4) is 0 Å². The van der Waals surface area contributed by atoms with E-state index >= 15 is 0 Å². The summed E-state index contributed by atoms with van der Waals surface area (Å²) >= 11 is 11.6. The molecule has 2 aromatic rings. The van der Waals surface area contributed by atoms with E-state index in [1.165, 1.54) is 0 Å². The molecule has 4 amide bonds. The fourth-order valence-electron chi connectivity index (χ4n) is 6.12. The maximum atomic E-state index is 12.4. The van der Waals surface area contributed by atoms with Gasteiger partial charge in [0.2, 0.25) is 0 Å². The van der Waals surface area contributed by atoms with Gasteiger partial charge in [-0.15, -0.1) is 0 Å². The van der Waals surface area contributed by atoms with Gasteiger partial charge in [-0.25, -0.2) is 0 Å². The Morgan fingerprint density at radius 1 is 0.575 bits per heavy atom. The Bertz CT molecular complexity index is 1170. The number of halogens is 2. The molecule has 2 heterocycles. The monoisotopic (exact) mass is 586 g/mol. The van der Waals surface area contributed by atoms with Crippen molar-refractivity contribution in [2.75, 3.05) is 0 Å². The fraction of sp³-hybridized carbons (Fsp3) is 0.467. The second-order valence-corrected chi connectivity index (χ2v) is 12.0. The molecule has 40 heavy (non-hydrogen) atoms. The predicted molar refractivity (Wildman–Crippen MR) is 147 cm³/mol. The number of nitrogens with zero attached hydrogens (tertiary/aromatic N) is 2. The highest BCUT2D eigenvalue weighted by Gasteiger charge is 2.54. The molecule has 212 valence electrons. The summed E-state index contributed by atoms with van der Waals surface area (Å²) in [6.07, 6.45) is 7.88. The molecular weight excluding hydrogens is 555 g/mol. The molecule has 0 N–H and O–H groups in total. The minimum absolute atomic E-state index is 0.158. The number of rotatable bonds is 6. The van der Waals surface area contributed by atoms with Crippen molar-refractivity contribution in [3.63, 3.8) is 0 Å². The zero-order valence-electron chi connectivity index (χ0n) is 22.2. The van der Waals surface area contributed by atoms with Crippen LogP contribution < -0.4 is 0 Å². The number of amides is 4. The summed E-state index contributed by atoms with van der Waals surface area (Å²) in [5, 5.41) is 3.24. The molecule has 2 spiro atoms. The van der Waals surface area contributed by atoms with Gasteiger partial charge in [0.05, 0.1) is 10.8 Å². The highest BCUT2D eigenvalue weighted by atomic mass is 35.5. The van der Waals surface area contributed by atoms with E-state index in [1.54, 1.807) is 24.3 Å². The van der Waals surface area contributed by atoms with Gasteiger partial charge < -0.3 is 0 Å². The summed E-state index contributed by atoms with van der Waals surface area (Å²) in [6, 6.07) is 14.3. The summed E-state index contributed by atoms with van der Waals surface area (Å²) < 4.78 is 0. The summed E-state index contributed by atoms with van der Waals surface area (Å²) in [5.41, 5.74) is 0.804. The number of hydroxylamine groups is 4. The SMILES string of the molecule is O=C1CC2(CCCC2)C(=O)N1OCc1ccc(Cl)cc1.O=C1CC2(CCCC2)C(=O)N1OCc1ccc(Cl)cc1. The summed E-state index contributed by atoms with van der Waals surface area (Å²) in [6.45, 7) is 0.398. The maximum absolute atomic E-state index is 12.4. The number of carbonyl (C=O) groups excluding carboxylic acids is 4. The molecule has 2 saturated carbocycles. The Kier molecular flexibility index (Phi) is 8.61. The first kappa shape index (κ1) is 28.7. The van der Waals surface area contributed by atoms with Gasteiger partial charge >= 0.3 is 0 Å². The molecule has 0 bridgehead atoms. The predicted octanol–water partition coefficient (Wildman–Crippen LogP) is 6.18. The third-order valence-electron chi connectivity index (χ3n) is 8.38. The number of hydrogen-bond acceptors (Lipinski definition) is 6. The first-order valence-electron chi connectivity index (χ1n) is 13.7. The third-order valence-corrected chi connectivity index (χ3v) is 8.88. The van der Waals surface area contributed by atoms with Crippen molar-refractivity contribution >= 4 is 46.8 Å². The molecule has 0 radical (unpaired) electrons. The molecule has 10 heteroatoms. The lowest BCUT2D eigenvalue weighted by atomic mass is 9.85. The highest BCUT2D eigenvalue weighted by molar-refractivity contribution is 6.30. The Labute approximate surface area is 243 Å². The lowest BCUT2D eigenvalue weighted by Gasteiger charge is -2.20. The van der Waals surface area contributed by atoms with Crippen LogP contribution in [0.2, 0.25) is 10.0 Å². The van der Waals surface area contributed by atoms with Crippen LogP contribution in [0.4, 0.5) is 0 Å². The molecule has 2 aliphatic carbocycles. The fourth-order valence-corrected chi connectivity index (χ4v) is 6.37. The molecule has 4 aliphatic rings. The Morgan fingerprint density at radius 2 is 0.900 bits per heavy atom. The van der Waals surface area contributed by atoms with E-state index in [0.29, 0.717) is 22.9 Å². The highest BCUT2D eigenvalue weighted by Crippen LogP contribution is 2.48. The largest absolute Gasteiger partial charge is 0.272 e. The Morgan fingerprint density at radius 3 is 1.23 bits per heavy atom. The summed E-state index contributed by atoms with van der Waals surface area (Å²) in [7, 11) is 0. The van der Waals surface area contributed by atoms with Crippen molar-refractivity contribution in [3.8, 4) is 0 Å². The van der Waals surface area contributed by atoms with Gasteiger partial charge in [-0.05, 0) is 61.1 Å². The zero-order valence-corrected chi connectivity index (χ0v) is 23.7. The van der Waals surface area contributed by atoms with E-state index in [9.17, 15) is 19.2 Å². The first-order valence-corrected chi connectivity index (χ1v) is 14.5. The third kappa shape index (κ3) is 5.96. The average Bonchev–Trinajstić information content (AvgIpc) is 3.70. The number of hydrogen-bond donors (Lipinski definition) is 0. The van der Waals surface area contributed by atoms with Crippen molar-refractivity contribution in [1.82, 2.24) is 10.1 Å². The van der Waals surface area contributed by atoms with Gasteiger partial charge in [0.15, 0.2) is 0 Å². The lowest BCUT2D eigenvalue weighted by molar-refractivity contribution is -0.194. The number of carbonyl (C=O) groups is 4. The topological polar surface area (TPSA) is 93.2 Å². The second kappa shape index (κ2) is 12.0. The van der Waals surface area contributed by atoms with E-state index in [0.717, 1.165) is 72.6 Å². The Balaban J connectivity index is 0.000000161. The zero-order chi connectivity index (χ0) is 28.3. The molecule has 6 rings (SSSR count). The van der Waals surface area contributed by atoms with Gasteiger partial charge in [0, 0.05) is 22.9 Å². The van der Waals surface area contributed by atoms with Gasteiger partial charge in [0.25, 0.3) is 23.6 Å². The number of imide groups is 2. The molecule has 2 aliphatic heterocycles. The van der Waals surface area contributed by atoms with E-state index < -0.39 is 10.8 Å². The molecule has 2 saturated heterocycles. The lowest BCUT2D eigenvalue weighted by Crippen LogP contribution is -2.34. The summed E-state index contributed by atoms with van der Waals surface area (Å²) in [4.78, 5) is 59.6. The quantitative estimate of drug-likeness (QED) is 0.375. The Hall–Kier alpha value is -2.78. The van der Waals surface area contributed by atoms with Gasteiger partial charge in [-0.1, -0.05) is 73.2 Å². The van der Waals surface area contributed by atoms with Gasteiger partial charge in [-0.2, -0.15) is 10.1 Å². The molecule has 8 nitrogen and oxygen atoms in total. The van der Waals surface area contributed by atoms with Crippen LogP contribution in [0, 0.1) is 10.8 Å². The van der Waals surface area contributed by atoms with Crippen LogP contribution in [-0.4, -0.2) is 33.8 Å². The van der Waals surface area contributed by atoms with E-state index in [2.05, 4.69) is 0 Å². The van der Waals surface area contributed by atoms with E-state index in [4.69, 9.17) is 32.9 Å². The van der Waals surface area contributed by atoms with Crippen molar-refractivity contribution in [2.24, 2.45) is 10.8 Å². The smallest absolute Gasteiger partial charge is 0.260 e.